The number of aromatic nitrogens is 1. The first-order chi connectivity index (χ1) is 12.5. The van der Waals surface area contributed by atoms with Gasteiger partial charge in [-0.2, -0.15) is 0 Å². The number of piperidine rings is 1. The fraction of sp³-hybridized carbons (Fsp3) is 0.400. The zero-order chi connectivity index (χ0) is 18.4. The van der Waals surface area contributed by atoms with E-state index < -0.39 is 11.5 Å². The molecule has 0 aliphatic carbocycles. The molecule has 1 aliphatic rings. The van der Waals surface area contributed by atoms with Crippen LogP contribution in [0.25, 0.3) is 0 Å². The number of hydrogen-bond acceptors (Lipinski definition) is 5. The molecule has 1 aromatic heterocycles. The van der Waals surface area contributed by atoms with Crippen molar-refractivity contribution in [1.82, 2.24) is 9.88 Å². The topological polar surface area (TPSA) is 88.7 Å². The smallest absolute Gasteiger partial charge is 0.220 e. The van der Waals surface area contributed by atoms with E-state index in [0.717, 1.165) is 36.4 Å². The van der Waals surface area contributed by atoms with Crippen molar-refractivity contribution >= 4 is 5.91 Å². The number of carbonyl (C=O) groups is 1. The van der Waals surface area contributed by atoms with Crippen LogP contribution < -0.4 is 10.5 Å². The van der Waals surface area contributed by atoms with Crippen LogP contribution in [-0.2, 0) is 17.9 Å². The van der Waals surface area contributed by atoms with Crippen LogP contribution in [0.2, 0.25) is 0 Å². The largest absolute Gasteiger partial charge is 0.489 e. The van der Waals surface area contributed by atoms with Gasteiger partial charge in [0.15, 0.2) is 0 Å². The van der Waals surface area contributed by atoms with Crippen molar-refractivity contribution in [3.63, 3.8) is 0 Å². The summed E-state index contributed by atoms with van der Waals surface area (Å²) in [7, 11) is 0. The van der Waals surface area contributed by atoms with Crippen molar-refractivity contribution < 1.29 is 14.6 Å². The van der Waals surface area contributed by atoms with E-state index >= 15 is 0 Å². The highest BCUT2D eigenvalue weighted by molar-refractivity contribution is 5.75. The number of likely N-dealkylation sites (tertiary alicyclic amines) is 1. The number of carbonyl (C=O) groups excluding carboxylic acids is 1. The number of aliphatic hydroxyl groups is 1. The quantitative estimate of drug-likeness (QED) is 0.791. The summed E-state index contributed by atoms with van der Waals surface area (Å²) < 4.78 is 5.78. The van der Waals surface area contributed by atoms with Crippen molar-refractivity contribution in [1.29, 1.82) is 0 Å². The van der Waals surface area contributed by atoms with Crippen LogP contribution in [0, 0.1) is 0 Å². The van der Waals surface area contributed by atoms with Gasteiger partial charge in [-0.3, -0.25) is 14.7 Å². The molecular weight excluding hydrogens is 330 g/mol. The fourth-order valence-electron chi connectivity index (χ4n) is 3.40. The molecule has 0 spiro atoms. The Hall–Kier alpha value is -2.44. The van der Waals surface area contributed by atoms with Crippen molar-refractivity contribution in [2.75, 3.05) is 13.1 Å². The van der Waals surface area contributed by atoms with Crippen LogP contribution in [0.5, 0.6) is 5.75 Å². The molecule has 1 fully saturated rings. The van der Waals surface area contributed by atoms with Gasteiger partial charge < -0.3 is 15.6 Å². The molecule has 2 heterocycles. The minimum atomic E-state index is -1.00. The van der Waals surface area contributed by atoms with Crippen LogP contribution >= 0.6 is 0 Å². The number of β-amino-alcohol motifs (C(OH)–C–C–N with tert-alkyl or cyclic N) is 1. The maximum atomic E-state index is 11.2. The average molecular weight is 355 g/mol. The van der Waals surface area contributed by atoms with Crippen LogP contribution in [0.1, 0.15) is 30.4 Å². The molecule has 0 saturated carbocycles. The highest BCUT2D eigenvalue weighted by Crippen LogP contribution is 2.26. The molecule has 6 nitrogen and oxygen atoms in total. The lowest BCUT2D eigenvalue weighted by Crippen LogP contribution is -2.49. The summed E-state index contributed by atoms with van der Waals surface area (Å²) in [5.41, 5.74) is 6.47. The standard InChI is InChI=1S/C20H25N3O3/c21-19(24)12-20(25)8-1-11-23(15-20)13-16-2-4-18(5-3-16)26-14-17-6-9-22-10-7-17/h2-7,9-10,25H,1,8,11-15H2,(H2,21,24). The normalized spacial score (nSPS) is 20.7. The Labute approximate surface area is 153 Å². The lowest BCUT2D eigenvalue weighted by Gasteiger charge is -2.38. The summed E-state index contributed by atoms with van der Waals surface area (Å²) in [6.07, 6.45) is 5.00. The Morgan fingerprint density at radius 2 is 1.92 bits per heavy atom. The Kier molecular flexibility index (Phi) is 5.85. The summed E-state index contributed by atoms with van der Waals surface area (Å²) in [5, 5.41) is 10.5. The summed E-state index contributed by atoms with van der Waals surface area (Å²) in [5.74, 6) is 0.361. The molecule has 26 heavy (non-hydrogen) atoms. The number of ether oxygens (including phenoxy) is 1. The van der Waals surface area contributed by atoms with E-state index in [1.165, 1.54) is 0 Å². The highest BCUT2D eigenvalue weighted by Gasteiger charge is 2.34. The lowest BCUT2D eigenvalue weighted by atomic mass is 9.89. The van der Waals surface area contributed by atoms with E-state index in [2.05, 4.69) is 9.88 Å². The average Bonchev–Trinajstić information content (AvgIpc) is 2.61. The third kappa shape index (κ3) is 5.28. The minimum absolute atomic E-state index is 0.0191. The van der Waals surface area contributed by atoms with E-state index in [0.29, 0.717) is 19.6 Å². The summed E-state index contributed by atoms with van der Waals surface area (Å²) in [4.78, 5) is 17.3. The number of pyridine rings is 1. The van der Waals surface area contributed by atoms with Gasteiger partial charge in [0.05, 0.1) is 12.0 Å². The molecule has 1 aliphatic heterocycles. The molecule has 1 saturated heterocycles. The van der Waals surface area contributed by atoms with Crippen molar-refractivity contribution in [2.24, 2.45) is 5.73 Å². The van der Waals surface area contributed by atoms with Gasteiger partial charge >= 0.3 is 0 Å². The number of rotatable bonds is 7. The molecule has 6 heteroatoms. The minimum Gasteiger partial charge on any atom is -0.489 e. The monoisotopic (exact) mass is 355 g/mol. The van der Waals surface area contributed by atoms with E-state index in [4.69, 9.17) is 10.5 Å². The van der Waals surface area contributed by atoms with Crippen LogP contribution in [0.4, 0.5) is 0 Å². The van der Waals surface area contributed by atoms with Crippen molar-refractivity contribution in [3.05, 3.63) is 59.9 Å². The third-order valence-corrected chi connectivity index (χ3v) is 4.62. The third-order valence-electron chi connectivity index (χ3n) is 4.62. The van der Waals surface area contributed by atoms with Gasteiger partial charge in [0.25, 0.3) is 0 Å². The maximum Gasteiger partial charge on any atom is 0.220 e. The molecule has 3 rings (SSSR count). The molecule has 1 amide bonds. The highest BCUT2D eigenvalue weighted by atomic mass is 16.5. The maximum absolute atomic E-state index is 11.2. The first-order valence-electron chi connectivity index (χ1n) is 8.86. The Bertz CT molecular complexity index is 721. The van der Waals surface area contributed by atoms with Crippen LogP contribution in [-0.4, -0.2) is 39.6 Å². The number of amides is 1. The predicted octanol–water partition coefficient (Wildman–Crippen LogP) is 1.86. The van der Waals surface area contributed by atoms with Crippen molar-refractivity contribution in [3.8, 4) is 5.75 Å². The molecule has 0 radical (unpaired) electrons. The Morgan fingerprint density at radius 1 is 1.19 bits per heavy atom. The molecule has 3 N–H and O–H groups in total. The number of primary amides is 1. The van der Waals surface area contributed by atoms with Gasteiger partial charge in [0.1, 0.15) is 12.4 Å². The zero-order valence-electron chi connectivity index (χ0n) is 14.8. The second kappa shape index (κ2) is 8.29. The molecular formula is C20H25N3O3. The molecule has 0 bridgehead atoms. The lowest BCUT2D eigenvalue weighted by molar-refractivity contribution is -0.125. The van der Waals surface area contributed by atoms with E-state index in [1.807, 2.05) is 36.4 Å². The van der Waals surface area contributed by atoms with Gasteiger partial charge in [-0.1, -0.05) is 12.1 Å². The van der Waals surface area contributed by atoms with Gasteiger partial charge in [-0.15, -0.1) is 0 Å². The van der Waals surface area contributed by atoms with Gasteiger partial charge in [0.2, 0.25) is 5.91 Å². The molecule has 138 valence electrons. The number of nitrogens with two attached hydrogens (primary N) is 1. The number of hydrogen-bond donors (Lipinski definition) is 2. The molecule has 1 atom stereocenters. The SMILES string of the molecule is NC(=O)CC1(O)CCCN(Cc2ccc(OCc3ccncc3)cc2)C1. The van der Waals surface area contributed by atoms with Crippen LogP contribution in [0.15, 0.2) is 48.8 Å². The van der Waals surface area contributed by atoms with Crippen molar-refractivity contribution in [2.45, 2.75) is 38.0 Å². The predicted molar refractivity (Wildman–Crippen MR) is 98.3 cm³/mol. The van der Waals surface area contributed by atoms with Crippen LogP contribution in [0.3, 0.4) is 0 Å². The zero-order valence-corrected chi connectivity index (χ0v) is 14.8. The number of nitrogens with zero attached hydrogens (tertiary/aromatic N) is 2. The van der Waals surface area contributed by atoms with Gasteiger partial charge in [0, 0.05) is 25.5 Å². The second-order valence-electron chi connectivity index (χ2n) is 6.97. The molecule has 2 aromatic rings. The Morgan fingerprint density at radius 3 is 2.62 bits per heavy atom. The summed E-state index contributed by atoms with van der Waals surface area (Å²) in [6, 6.07) is 11.8. The number of benzene rings is 1. The van der Waals surface area contributed by atoms with E-state index in [1.54, 1.807) is 12.4 Å². The second-order valence-corrected chi connectivity index (χ2v) is 6.97. The van der Waals surface area contributed by atoms with Gasteiger partial charge in [-0.05, 0) is 54.8 Å². The van der Waals surface area contributed by atoms with E-state index in [-0.39, 0.29) is 6.42 Å². The fourth-order valence-corrected chi connectivity index (χ4v) is 3.40. The van der Waals surface area contributed by atoms with Gasteiger partial charge in [-0.25, -0.2) is 0 Å². The van der Waals surface area contributed by atoms with E-state index in [9.17, 15) is 9.90 Å². The summed E-state index contributed by atoms with van der Waals surface area (Å²) in [6.45, 7) is 2.61. The summed E-state index contributed by atoms with van der Waals surface area (Å²) >= 11 is 0. The molecule has 1 aromatic carbocycles. The first-order valence-corrected chi connectivity index (χ1v) is 8.86. The first kappa shape index (κ1) is 18.4. The molecule has 1 unspecified atom stereocenters. The Balaban J connectivity index is 1.53.